The van der Waals surface area contributed by atoms with Crippen molar-refractivity contribution in [3.8, 4) is 11.3 Å². The van der Waals surface area contributed by atoms with Gasteiger partial charge in [0.05, 0.1) is 5.69 Å². The summed E-state index contributed by atoms with van der Waals surface area (Å²) in [5.41, 5.74) is 2.93. The molecule has 0 aliphatic carbocycles. The highest BCUT2D eigenvalue weighted by Crippen LogP contribution is 2.18. The van der Waals surface area contributed by atoms with Crippen LogP contribution in [0, 0.1) is 5.82 Å². The van der Waals surface area contributed by atoms with Gasteiger partial charge >= 0.3 is 0 Å². The molecule has 1 fully saturated rings. The molecule has 0 unspecified atom stereocenters. The Kier molecular flexibility index (Phi) is 5.01. The molecule has 23 heavy (non-hydrogen) atoms. The van der Waals surface area contributed by atoms with Crippen LogP contribution in [0.15, 0.2) is 42.6 Å². The molecule has 3 rings (SSSR count). The molecule has 0 spiro atoms. The van der Waals surface area contributed by atoms with E-state index in [9.17, 15) is 9.18 Å². The normalized spacial score (nSPS) is 15.0. The molecule has 0 bridgehead atoms. The molecule has 0 N–H and O–H groups in total. The predicted octanol–water partition coefficient (Wildman–Crippen LogP) is 3.83. The van der Waals surface area contributed by atoms with Crippen LogP contribution in [0.2, 0.25) is 0 Å². The van der Waals surface area contributed by atoms with Crippen LogP contribution in [0.1, 0.15) is 31.2 Å². The van der Waals surface area contributed by atoms with E-state index >= 15 is 0 Å². The molecule has 1 aromatic heterocycles. The fraction of sp³-hybridized carbons (Fsp3) is 0.368. The van der Waals surface area contributed by atoms with Crippen molar-refractivity contribution in [2.45, 2.75) is 32.1 Å². The number of amides is 1. The Balaban J connectivity index is 1.53. The van der Waals surface area contributed by atoms with Gasteiger partial charge in [0.15, 0.2) is 0 Å². The number of pyridine rings is 1. The van der Waals surface area contributed by atoms with E-state index < -0.39 is 0 Å². The van der Waals surface area contributed by atoms with E-state index in [0.717, 1.165) is 50.0 Å². The highest BCUT2D eigenvalue weighted by molar-refractivity contribution is 5.76. The maximum atomic E-state index is 12.9. The number of carbonyl (C=O) groups is 1. The van der Waals surface area contributed by atoms with Crippen LogP contribution >= 0.6 is 0 Å². The minimum absolute atomic E-state index is 0.238. The maximum Gasteiger partial charge on any atom is 0.222 e. The lowest BCUT2D eigenvalue weighted by molar-refractivity contribution is -0.133. The summed E-state index contributed by atoms with van der Waals surface area (Å²) in [5, 5.41) is 0. The smallest absolute Gasteiger partial charge is 0.222 e. The first-order chi connectivity index (χ1) is 11.2. The van der Waals surface area contributed by atoms with Gasteiger partial charge in [0.25, 0.3) is 0 Å². The van der Waals surface area contributed by atoms with Gasteiger partial charge in [-0.3, -0.25) is 9.78 Å². The molecule has 120 valence electrons. The van der Waals surface area contributed by atoms with Gasteiger partial charge in [0, 0.05) is 31.3 Å². The van der Waals surface area contributed by atoms with E-state index in [1.807, 2.05) is 17.2 Å². The number of rotatable bonds is 5. The number of hydrogen-bond donors (Lipinski definition) is 0. The third-order valence-electron chi connectivity index (χ3n) is 4.28. The Morgan fingerprint density at radius 3 is 2.61 bits per heavy atom. The number of piperidine rings is 1. The number of aromatic nitrogens is 1. The first kappa shape index (κ1) is 15.7. The number of carbonyl (C=O) groups excluding carboxylic acids is 1. The summed E-state index contributed by atoms with van der Waals surface area (Å²) in [5.74, 6) is 0.0543. The van der Waals surface area contributed by atoms with Crippen molar-refractivity contribution in [3.05, 3.63) is 54.0 Å². The Hall–Kier alpha value is -2.23. The summed E-state index contributed by atoms with van der Waals surface area (Å²) < 4.78 is 12.9. The van der Waals surface area contributed by atoms with Gasteiger partial charge in [-0.05, 0) is 61.6 Å². The Morgan fingerprint density at radius 2 is 1.91 bits per heavy atom. The zero-order chi connectivity index (χ0) is 16.1. The molecule has 3 nitrogen and oxygen atoms in total. The molecule has 0 radical (unpaired) electrons. The lowest BCUT2D eigenvalue weighted by Crippen LogP contribution is -2.36. The van der Waals surface area contributed by atoms with Crippen LogP contribution in [0.25, 0.3) is 11.3 Å². The van der Waals surface area contributed by atoms with Gasteiger partial charge in [-0.1, -0.05) is 6.07 Å². The fourth-order valence-electron chi connectivity index (χ4n) is 2.94. The summed E-state index contributed by atoms with van der Waals surface area (Å²) in [4.78, 5) is 18.2. The van der Waals surface area contributed by atoms with Crippen LogP contribution in [-0.2, 0) is 11.2 Å². The second-order valence-electron chi connectivity index (χ2n) is 6.00. The zero-order valence-corrected chi connectivity index (χ0v) is 13.2. The number of benzene rings is 1. The van der Waals surface area contributed by atoms with E-state index in [1.54, 1.807) is 12.1 Å². The summed E-state index contributed by atoms with van der Waals surface area (Å²) >= 11 is 0. The van der Waals surface area contributed by atoms with Crippen LogP contribution in [-0.4, -0.2) is 28.9 Å². The lowest BCUT2D eigenvalue weighted by Gasteiger charge is -2.26. The monoisotopic (exact) mass is 312 g/mol. The third kappa shape index (κ3) is 4.15. The van der Waals surface area contributed by atoms with Gasteiger partial charge in [-0.15, -0.1) is 0 Å². The molecule has 4 heteroatoms. The van der Waals surface area contributed by atoms with Crippen LogP contribution in [0.3, 0.4) is 0 Å². The van der Waals surface area contributed by atoms with Gasteiger partial charge in [0.1, 0.15) is 5.82 Å². The summed E-state index contributed by atoms with van der Waals surface area (Å²) in [6.07, 6.45) is 6.61. The second kappa shape index (κ2) is 7.36. The molecule has 1 aliphatic heterocycles. The Bertz CT molecular complexity index is 652. The number of aryl methyl sites for hydroxylation is 1. The topological polar surface area (TPSA) is 33.2 Å². The largest absolute Gasteiger partial charge is 0.343 e. The minimum Gasteiger partial charge on any atom is -0.343 e. The van der Waals surface area contributed by atoms with E-state index in [0.29, 0.717) is 12.3 Å². The van der Waals surface area contributed by atoms with E-state index in [1.165, 1.54) is 17.7 Å². The molecular formula is C19H21FN2O. The molecule has 1 amide bonds. The van der Waals surface area contributed by atoms with Crippen molar-refractivity contribution in [1.29, 1.82) is 0 Å². The molecule has 0 atom stereocenters. The van der Waals surface area contributed by atoms with Gasteiger partial charge < -0.3 is 4.90 Å². The minimum atomic E-state index is -0.238. The molecular weight excluding hydrogens is 291 g/mol. The van der Waals surface area contributed by atoms with E-state index in [-0.39, 0.29) is 5.82 Å². The Labute approximate surface area is 136 Å². The summed E-state index contributed by atoms with van der Waals surface area (Å²) in [7, 11) is 0. The summed E-state index contributed by atoms with van der Waals surface area (Å²) in [6.45, 7) is 1.74. The molecule has 2 heterocycles. The second-order valence-corrected chi connectivity index (χ2v) is 6.00. The zero-order valence-electron chi connectivity index (χ0n) is 13.2. The first-order valence-corrected chi connectivity index (χ1v) is 8.21. The molecule has 1 aliphatic rings. The highest BCUT2D eigenvalue weighted by atomic mass is 19.1. The van der Waals surface area contributed by atoms with Crippen molar-refractivity contribution in [3.63, 3.8) is 0 Å². The number of hydrogen-bond acceptors (Lipinski definition) is 2. The van der Waals surface area contributed by atoms with Crippen LogP contribution in [0.4, 0.5) is 4.39 Å². The van der Waals surface area contributed by atoms with Crippen molar-refractivity contribution in [2.24, 2.45) is 0 Å². The van der Waals surface area contributed by atoms with E-state index in [2.05, 4.69) is 11.1 Å². The fourth-order valence-corrected chi connectivity index (χ4v) is 2.94. The lowest BCUT2D eigenvalue weighted by atomic mass is 10.1. The van der Waals surface area contributed by atoms with E-state index in [4.69, 9.17) is 0 Å². The van der Waals surface area contributed by atoms with Crippen molar-refractivity contribution >= 4 is 5.91 Å². The molecule has 1 saturated heterocycles. The highest BCUT2D eigenvalue weighted by Gasteiger charge is 2.16. The predicted molar refractivity (Wildman–Crippen MR) is 88.4 cm³/mol. The van der Waals surface area contributed by atoms with Crippen LogP contribution in [0.5, 0.6) is 0 Å². The Morgan fingerprint density at radius 1 is 1.09 bits per heavy atom. The molecule has 0 saturated carbocycles. The molecule has 1 aromatic carbocycles. The first-order valence-electron chi connectivity index (χ1n) is 8.21. The third-order valence-corrected chi connectivity index (χ3v) is 4.28. The standard InChI is InChI=1S/C19H21FN2O/c20-17-9-7-16(8-10-17)18-11-6-15(14-21-18)4-3-13-22-12-2-1-5-19(22)23/h6-11,14H,1-5,12-13H2. The summed E-state index contributed by atoms with van der Waals surface area (Å²) in [6, 6.07) is 10.4. The van der Waals surface area contributed by atoms with Gasteiger partial charge in [-0.25, -0.2) is 4.39 Å². The molecule has 2 aromatic rings. The van der Waals surface area contributed by atoms with Gasteiger partial charge in [0.2, 0.25) is 5.91 Å². The van der Waals surface area contributed by atoms with Crippen molar-refractivity contribution < 1.29 is 9.18 Å². The average Bonchev–Trinajstić information content (AvgIpc) is 2.58. The van der Waals surface area contributed by atoms with Gasteiger partial charge in [-0.2, -0.15) is 0 Å². The SMILES string of the molecule is O=C1CCCCN1CCCc1ccc(-c2ccc(F)cc2)nc1. The van der Waals surface area contributed by atoms with Crippen molar-refractivity contribution in [1.82, 2.24) is 9.88 Å². The maximum absolute atomic E-state index is 12.9. The number of likely N-dealkylation sites (tertiary alicyclic amines) is 1. The van der Waals surface area contributed by atoms with Crippen LogP contribution < -0.4 is 0 Å². The van der Waals surface area contributed by atoms with Crippen molar-refractivity contribution in [2.75, 3.05) is 13.1 Å². The average molecular weight is 312 g/mol. The quantitative estimate of drug-likeness (QED) is 0.840. The number of halogens is 1. The number of nitrogens with zero attached hydrogens (tertiary/aromatic N) is 2.